The van der Waals surface area contributed by atoms with Crippen LogP contribution in [0, 0.1) is 6.92 Å². The van der Waals surface area contributed by atoms with Crippen LogP contribution in [-0.2, 0) is 6.54 Å². The monoisotopic (exact) mass is 331 g/mol. The highest BCUT2D eigenvalue weighted by Gasteiger charge is 2.26. The van der Waals surface area contributed by atoms with Crippen molar-refractivity contribution in [1.82, 2.24) is 10.6 Å². The third-order valence-corrected chi connectivity index (χ3v) is 2.96. The number of ether oxygens (including phenoxy) is 1. The molecule has 0 unspecified atom stereocenters. The van der Waals surface area contributed by atoms with Crippen LogP contribution in [0.15, 0.2) is 23.2 Å². The molecule has 7 heteroatoms. The van der Waals surface area contributed by atoms with Crippen LogP contribution in [0.3, 0.4) is 0 Å². The molecule has 0 aliphatic heterocycles. The molecule has 1 rings (SSSR count). The number of aryl methyl sites for hydroxylation is 1. The van der Waals surface area contributed by atoms with E-state index in [0.29, 0.717) is 12.5 Å². The van der Waals surface area contributed by atoms with Gasteiger partial charge in [0.25, 0.3) is 0 Å². The summed E-state index contributed by atoms with van der Waals surface area (Å²) in [6, 6.07) is 5.84. The van der Waals surface area contributed by atoms with Gasteiger partial charge in [-0.3, -0.25) is 4.99 Å². The highest BCUT2D eigenvalue weighted by Crippen LogP contribution is 2.21. The summed E-state index contributed by atoms with van der Waals surface area (Å²) in [5, 5.41) is 5.64. The number of halogens is 3. The third kappa shape index (κ3) is 7.76. The van der Waals surface area contributed by atoms with Crippen molar-refractivity contribution in [2.24, 2.45) is 4.99 Å². The molecule has 0 heterocycles. The zero-order valence-electron chi connectivity index (χ0n) is 13.9. The summed E-state index contributed by atoms with van der Waals surface area (Å²) >= 11 is 0. The van der Waals surface area contributed by atoms with E-state index in [1.807, 2.05) is 39.0 Å². The van der Waals surface area contributed by atoms with Crippen molar-refractivity contribution < 1.29 is 17.9 Å². The van der Waals surface area contributed by atoms with Crippen LogP contribution >= 0.6 is 0 Å². The van der Waals surface area contributed by atoms with Crippen LogP contribution in [0.5, 0.6) is 5.75 Å². The van der Waals surface area contributed by atoms with Crippen LogP contribution in [-0.4, -0.2) is 31.8 Å². The fourth-order valence-corrected chi connectivity index (χ4v) is 1.89. The van der Waals surface area contributed by atoms with Crippen molar-refractivity contribution >= 4 is 5.96 Å². The molecule has 0 spiro atoms. The number of nitrogens with one attached hydrogen (secondary N) is 2. The second kappa shape index (κ2) is 8.64. The summed E-state index contributed by atoms with van der Waals surface area (Å²) in [7, 11) is 1.52. The van der Waals surface area contributed by atoms with Gasteiger partial charge in [-0.15, -0.1) is 0 Å². The van der Waals surface area contributed by atoms with E-state index in [1.165, 1.54) is 7.05 Å². The summed E-state index contributed by atoms with van der Waals surface area (Å²) in [5.74, 6) is 1.09. The average Bonchev–Trinajstić information content (AvgIpc) is 2.42. The maximum atomic E-state index is 12.2. The first-order chi connectivity index (χ1) is 10.7. The Balaban J connectivity index is 2.62. The van der Waals surface area contributed by atoms with Gasteiger partial charge in [0.15, 0.2) is 5.96 Å². The molecule has 0 saturated carbocycles. The van der Waals surface area contributed by atoms with Crippen molar-refractivity contribution in [3.8, 4) is 5.75 Å². The molecule has 0 saturated heterocycles. The molecule has 0 atom stereocenters. The standard InChI is InChI=1S/C16H24F3N3O/c1-11(2)23-14-9-12(3)5-6-13(14)10-22-15(20-4)21-8-7-16(17,18)19/h5-6,9,11H,7-8,10H2,1-4H3,(H2,20,21,22). The van der Waals surface area contributed by atoms with Crippen molar-refractivity contribution in [2.75, 3.05) is 13.6 Å². The number of rotatable bonds is 6. The van der Waals surface area contributed by atoms with E-state index in [9.17, 15) is 13.2 Å². The first kappa shape index (κ1) is 19.1. The summed E-state index contributed by atoms with van der Waals surface area (Å²) in [5.41, 5.74) is 2.00. The van der Waals surface area contributed by atoms with E-state index >= 15 is 0 Å². The van der Waals surface area contributed by atoms with Crippen molar-refractivity contribution in [3.63, 3.8) is 0 Å². The van der Waals surface area contributed by atoms with Crippen LogP contribution in [0.1, 0.15) is 31.4 Å². The number of nitrogens with zero attached hydrogens (tertiary/aromatic N) is 1. The second-order valence-corrected chi connectivity index (χ2v) is 5.50. The first-order valence-electron chi connectivity index (χ1n) is 7.48. The molecule has 0 amide bonds. The molecular weight excluding hydrogens is 307 g/mol. The Morgan fingerprint density at radius 1 is 1.26 bits per heavy atom. The normalized spacial score (nSPS) is 12.4. The Morgan fingerprint density at radius 3 is 2.52 bits per heavy atom. The lowest BCUT2D eigenvalue weighted by molar-refractivity contribution is -0.132. The van der Waals surface area contributed by atoms with E-state index in [1.54, 1.807) is 0 Å². The highest BCUT2D eigenvalue weighted by atomic mass is 19.4. The third-order valence-electron chi connectivity index (χ3n) is 2.96. The van der Waals surface area contributed by atoms with E-state index in [0.717, 1.165) is 16.9 Å². The van der Waals surface area contributed by atoms with Gasteiger partial charge in [-0.25, -0.2) is 0 Å². The zero-order chi connectivity index (χ0) is 17.5. The number of aliphatic imine (C=N–C) groups is 1. The SMILES string of the molecule is CN=C(NCCC(F)(F)F)NCc1ccc(C)cc1OC(C)C. The smallest absolute Gasteiger partial charge is 0.390 e. The Hall–Kier alpha value is -1.92. The number of hydrogen-bond donors (Lipinski definition) is 2. The number of hydrogen-bond acceptors (Lipinski definition) is 2. The minimum Gasteiger partial charge on any atom is -0.491 e. The molecule has 0 aliphatic carbocycles. The van der Waals surface area contributed by atoms with Gasteiger partial charge in [0.05, 0.1) is 12.5 Å². The summed E-state index contributed by atoms with van der Waals surface area (Å²) in [4.78, 5) is 3.92. The second-order valence-electron chi connectivity index (χ2n) is 5.50. The number of benzene rings is 1. The molecule has 0 radical (unpaired) electrons. The molecule has 0 bridgehead atoms. The van der Waals surface area contributed by atoms with Gasteiger partial charge in [0.2, 0.25) is 0 Å². The number of guanidine groups is 1. The summed E-state index contributed by atoms with van der Waals surface area (Å²) in [6.07, 6.45) is -5.04. The Kier molecular flexibility index (Phi) is 7.19. The van der Waals surface area contributed by atoms with Gasteiger partial charge in [-0.1, -0.05) is 12.1 Å². The fraction of sp³-hybridized carbons (Fsp3) is 0.562. The van der Waals surface area contributed by atoms with Crippen molar-refractivity contribution in [2.45, 2.75) is 46.0 Å². The average molecular weight is 331 g/mol. The molecule has 23 heavy (non-hydrogen) atoms. The molecule has 1 aromatic carbocycles. The molecule has 1 aromatic rings. The minimum absolute atomic E-state index is 0.0415. The first-order valence-corrected chi connectivity index (χ1v) is 7.48. The lowest BCUT2D eigenvalue weighted by Crippen LogP contribution is -2.38. The molecule has 0 aromatic heterocycles. The van der Waals surface area contributed by atoms with Gasteiger partial charge in [-0.2, -0.15) is 13.2 Å². The fourth-order valence-electron chi connectivity index (χ4n) is 1.89. The van der Waals surface area contributed by atoms with Crippen LogP contribution in [0.4, 0.5) is 13.2 Å². The van der Waals surface area contributed by atoms with Gasteiger partial charge < -0.3 is 15.4 Å². The van der Waals surface area contributed by atoms with Crippen molar-refractivity contribution in [3.05, 3.63) is 29.3 Å². The van der Waals surface area contributed by atoms with Gasteiger partial charge in [-0.05, 0) is 32.4 Å². The van der Waals surface area contributed by atoms with Gasteiger partial charge in [0, 0.05) is 25.7 Å². The van der Waals surface area contributed by atoms with Crippen LogP contribution < -0.4 is 15.4 Å². The van der Waals surface area contributed by atoms with Crippen LogP contribution in [0.25, 0.3) is 0 Å². The van der Waals surface area contributed by atoms with E-state index in [2.05, 4.69) is 15.6 Å². The Morgan fingerprint density at radius 2 is 1.96 bits per heavy atom. The predicted octanol–water partition coefficient (Wildman–Crippen LogP) is 3.40. The molecular formula is C16H24F3N3O. The molecule has 0 fully saturated rings. The maximum absolute atomic E-state index is 12.2. The lowest BCUT2D eigenvalue weighted by Gasteiger charge is -2.17. The topological polar surface area (TPSA) is 45.7 Å². The molecule has 0 aliphatic rings. The van der Waals surface area contributed by atoms with Gasteiger partial charge >= 0.3 is 6.18 Å². The molecule has 130 valence electrons. The van der Waals surface area contributed by atoms with E-state index in [4.69, 9.17) is 4.74 Å². The minimum atomic E-state index is -4.18. The molecule has 4 nitrogen and oxygen atoms in total. The van der Waals surface area contributed by atoms with Crippen molar-refractivity contribution in [1.29, 1.82) is 0 Å². The highest BCUT2D eigenvalue weighted by molar-refractivity contribution is 5.79. The largest absolute Gasteiger partial charge is 0.491 e. The Labute approximate surface area is 135 Å². The molecule has 2 N–H and O–H groups in total. The zero-order valence-corrected chi connectivity index (χ0v) is 13.9. The Bertz CT molecular complexity index is 528. The summed E-state index contributed by atoms with van der Waals surface area (Å²) in [6.45, 7) is 6.05. The van der Waals surface area contributed by atoms with E-state index < -0.39 is 12.6 Å². The predicted molar refractivity (Wildman–Crippen MR) is 85.8 cm³/mol. The maximum Gasteiger partial charge on any atom is 0.390 e. The van der Waals surface area contributed by atoms with E-state index in [-0.39, 0.29) is 12.6 Å². The van der Waals surface area contributed by atoms with Crippen LogP contribution in [0.2, 0.25) is 0 Å². The lowest BCUT2D eigenvalue weighted by atomic mass is 10.1. The number of alkyl halides is 3. The quantitative estimate of drug-likeness (QED) is 0.620. The van der Waals surface area contributed by atoms with Gasteiger partial charge in [0.1, 0.15) is 5.75 Å². The summed E-state index contributed by atoms with van der Waals surface area (Å²) < 4.78 is 42.2.